The van der Waals surface area contributed by atoms with Crippen LogP contribution in [0.5, 0.6) is 5.75 Å². The van der Waals surface area contributed by atoms with E-state index in [1.54, 1.807) is 12.1 Å². The first-order valence-electron chi connectivity index (χ1n) is 9.71. The van der Waals surface area contributed by atoms with E-state index in [-0.39, 0.29) is 18.2 Å². The number of H-pyrrole nitrogens is 1. The number of phosphoric ester groups is 1. The van der Waals surface area contributed by atoms with E-state index in [4.69, 9.17) is 35.0 Å². The zero-order valence-electron chi connectivity index (χ0n) is 17.4. The van der Waals surface area contributed by atoms with E-state index < -0.39 is 31.4 Å². The van der Waals surface area contributed by atoms with Crippen molar-refractivity contribution in [1.82, 2.24) is 9.55 Å². The maximum Gasteiger partial charge on any atom is 0.530 e. The third kappa shape index (κ3) is 6.29. The highest BCUT2D eigenvalue weighted by molar-refractivity contribution is 7.49. The van der Waals surface area contributed by atoms with Crippen LogP contribution in [0.15, 0.2) is 40.1 Å². The summed E-state index contributed by atoms with van der Waals surface area (Å²) in [7, 11) is -2.73. The Labute approximate surface area is 184 Å². The van der Waals surface area contributed by atoms with Gasteiger partial charge >= 0.3 is 13.5 Å². The van der Waals surface area contributed by atoms with Crippen LogP contribution in [0.4, 0.5) is 0 Å². The molecule has 1 fully saturated rings. The lowest BCUT2D eigenvalue weighted by Gasteiger charge is -2.25. The molecule has 1 saturated heterocycles. The lowest BCUT2D eigenvalue weighted by atomic mass is 10.2. The van der Waals surface area contributed by atoms with Crippen LogP contribution in [0.2, 0.25) is 5.02 Å². The van der Waals surface area contributed by atoms with E-state index in [1.807, 2.05) is 26.0 Å². The monoisotopic (exact) mass is 476 g/mol. The van der Waals surface area contributed by atoms with Crippen LogP contribution >= 0.6 is 19.4 Å². The molecule has 0 amide bonds. The maximum absolute atomic E-state index is 12.6. The Balaban J connectivity index is 0.000000807. The van der Waals surface area contributed by atoms with E-state index in [0.717, 1.165) is 12.7 Å². The van der Waals surface area contributed by atoms with Crippen molar-refractivity contribution >= 4 is 19.4 Å². The molecule has 172 valence electrons. The molecule has 12 heteroatoms. The normalized spacial score (nSPS) is 24.0. The van der Waals surface area contributed by atoms with Gasteiger partial charge in [0.1, 0.15) is 17.0 Å². The smallest absolute Gasteiger partial charge is 0.404 e. The molecule has 2 aliphatic rings. The maximum atomic E-state index is 12.6. The first kappa shape index (κ1) is 25.3. The molecule has 0 spiro atoms. The Kier molecular flexibility index (Phi) is 9.49. The molecule has 0 saturated carbocycles. The molecule has 2 aliphatic heterocycles. The lowest BCUT2D eigenvalue weighted by Crippen LogP contribution is -2.32. The quantitative estimate of drug-likeness (QED) is 0.643. The summed E-state index contributed by atoms with van der Waals surface area (Å²) in [6.07, 6.45) is 1.29. The standard InChI is InChI=1S/C16H16ClN2O7P.C2H6.CH4O/c17-12-7-19(16(21)18-15(12)20)14-6-5-11(25-14)9-24-27(22)23-8-10-3-1-2-4-13(10)26-27;2*1-2/h1-4,7,11,14H,5-6,8-9H2,(H,18,20,21);1-2H3;2H,1H3. The van der Waals surface area contributed by atoms with Gasteiger partial charge in [0.15, 0.2) is 0 Å². The molecule has 31 heavy (non-hydrogen) atoms. The van der Waals surface area contributed by atoms with Gasteiger partial charge in [0, 0.05) is 18.9 Å². The first-order valence-corrected chi connectivity index (χ1v) is 11.6. The molecule has 3 heterocycles. The Bertz CT molecular complexity index is 1020. The first-order chi connectivity index (χ1) is 14.9. The minimum Gasteiger partial charge on any atom is -0.404 e. The SMILES string of the molecule is CC.CO.O=c1[nH]c(=O)n(C2CCC(COP3(=O)OCc4ccccc4O3)O2)cc1Cl. The summed E-state index contributed by atoms with van der Waals surface area (Å²) in [5.74, 6) is 0.465. The van der Waals surface area contributed by atoms with E-state index in [2.05, 4.69) is 4.98 Å². The van der Waals surface area contributed by atoms with Crippen LogP contribution in [-0.4, -0.2) is 34.5 Å². The number of aromatic amines is 1. The number of fused-ring (bicyclic) bond motifs is 1. The highest BCUT2D eigenvalue weighted by Gasteiger charge is 2.36. The lowest BCUT2D eigenvalue weighted by molar-refractivity contribution is -0.0264. The predicted octanol–water partition coefficient (Wildman–Crippen LogP) is 3.24. The molecule has 0 bridgehead atoms. The van der Waals surface area contributed by atoms with Crippen LogP contribution in [0, 0.1) is 0 Å². The van der Waals surface area contributed by atoms with Crippen molar-refractivity contribution < 1.29 is 28.0 Å². The number of benzene rings is 1. The number of aliphatic hydroxyl groups is 1. The van der Waals surface area contributed by atoms with Crippen LogP contribution < -0.4 is 15.8 Å². The number of phosphoric acid groups is 1. The van der Waals surface area contributed by atoms with Gasteiger partial charge < -0.3 is 14.4 Å². The fourth-order valence-corrected chi connectivity index (χ4v) is 4.33. The second-order valence-electron chi connectivity index (χ2n) is 6.15. The number of nitrogens with zero attached hydrogens (tertiary/aromatic N) is 1. The molecular weight excluding hydrogens is 451 g/mol. The molecule has 10 nitrogen and oxygen atoms in total. The fourth-order valence-electron chi connectivity index (χ4n) is 2.93. The van der Waals surface area contributed by atoms with Gasteiger partial charge in [-0.3, -0.25) is 23.4 Å². The third-order valence-corrected chi connectivity index (χ3v) is 5.90. The van der Waals surface area contributed by atoms with Crippen molar-refractivity contribution in [3.8, 4) is 5.75 Å². The highest BCUT2D eigenvalue weighted by Crippen LogP contribution is 2.54. The molecule has 1 aromatic carbocycles. The Morgan fingerprint density at radius 3 is 2.71 bits per heavy atom. The van der Waals surface area contributed by atoms with Gasteiger partial charge in [0.25, 0.3) is 5.56 Å². The van der Waals surface area contributed by atoms with Crippen LogP contribution in [0.1, 0.15) is 38.5 Å². The van der Waals surface area contributed by atoms with Gasteiger partial charge in [0.05, 0.1) is 19.3 Å². The molecule has 1 aromatic heterocycles. The predicted molar refractivity (Wildman–Crippen MR) is 114 cm³/mol. The van der Waals surface area contributed by atoms with Gasteiger partial charge in [-0.05, 0) is 18.9 Å². The molecule has 0 radical (unpaired) electrons. The molecule has 3 unspecified atom stereocenters. The molecule has 2 N–H and O–H groups in total. The van der Waals surface area contributed by atoms with Crippen LogP contribution in [-0.2, 0) is 25.0 Å². The molecule has 2 aromatic rings. The summed E-state index contributed by atoms with van der Waals surface area (Å²) in [4.78, 5) is 25.4. The molecule has 4 rings (SSSR count). The van der Waals surface area contributed by atoms with Crippen molar-refractivity contribution in [1.29, 1.82) is 0 Å². The second-order valence-corrected chi connectivity index (χ2v) is 8.15. The van der Waals surface area contributed by atoms with Crippen molar-refractivity contribution in [2.75, 3.05) is 13.7 Å². The van der Waals surface area contributed by atoms with Gasteiger partial charge in [-0.15, -0.1) is 0 Å². The summed E-state index contributed by atoms with van der Waals surface area (Å²) in [5.41, 5.74) is -0.473. The number of hydrogen-bond acceptors (Lipinski definition) is 8. The average molecular weight is 477 g/mol. The van der Waals surface area contributed by atoms with Crippen molar-refractivity contribution in [3.05, 3.63) is 61.9 Å². The summed E-state index contributed by atoms with van der Waals surface area (Å²) in [6, 6.07) is 7.12. The highest BCUT2D eigenvalue weighted by atomic mass is 35.5. The number of rotatable bonds is 4. The van der Waals surface area contributed by atoms with E-state index in [0.29, 0.717) is 18.6 Å². The minimum absolute atomic E-state index is 0.0260. The van der Waals surface area contributed by atoms with Crippen molar-refractivity contribution in [2.45, 2.75) is 45.6 Å². The number of aromatic nitrogens is 2. The summed E-state index contributed by atoms with van der Waals surface area (Å²) < 4.78 is 35.6. The Hall–Kier alpha value is -1.94. The number of halogens is 1. The van der Waals surface area contributed by atoms with Gasteiger partial charge in [-0.1, -0.05) is 43.6 Å². The minimum atomic E-state index is -3.73. The number of hydrogen-bond donors (Lipinski definition) is 2. The summed E-state index contributed by atoms with van der Waals surface area (Å²) >= 11 is 5.77. The number of nitrogens with one attached hydrogen (secondary N) is 1. The van der Waals surface area contributed by atoms with Crippen LogP contribution in [0.25, 0.3) is 0 Å². The zero-order valence-corrected chi connectivity index (χ0v) is 19.1. The Morgan fingerprint density at radius 1 is 1.26 bits per heavy atom. The average Bonchev–Trinajstić information content (AvgIpc) is 3.26. The van der Waals surface area contributed by atoms with E-state index >= 15 is 0 Å². The summed E-state index contributed by atoms with van der Waals surface area (Å²) in [5, 5.41) is 6.89. The van der Waals surface area contributed by atoms with Crippen molar-refractivity contribution in [3.63, 3.8) is 0 Å². The van der Waals surface area contributed by atoms with Crippen LogP contribution in [0.3, 0.4) is 0 Å². The third-order valence-electron chi connectivity index (χ3n) is 4.30. The van der Waals surface area contributed by atoms with E-state index in [1.165, 1.54) is 10.8 Å². The van der Waals surface area contributed by atoms with E-state index in [9.17, 15) is 14.2 Å². The van der Waals surface area contributed by atoms with Gasteiger partial charge in [0.2, 0.25) is 0 Å². The number of aliphatic hydroxyl groups excluding tert-OH is 1. The summed E-state index contributed by atoms with van der Waals surface area (Å²) in [6.45, 7) is 4.11. The number of ether oxygens (including phenoxy) is 1. The second kappa shape index (κ2) is 11.6. The largest absolute Gasteiger partial charge is 0.530 e. The number of para-hydroxylation sites is 1. The fraction of sp³-hybridized carbons (Fsp3) is 0.474. The van der Waals surface area contributed by atoms with Gasteiger partial charge in [-0.25, -0.2) is 9.36 Å². The van der Waals surface area contributed by atoms with Gasteiger partial charge in [-0.2, -0.15) is 0 Å². The molecular formula is C19H26ClN2O8P. The topological polar surface area (TPSA) is 129 Å². The molecule has 3 atom stereocenters. The molecule has 0 aliphatic carbocycles. The zero-order chi connectivity index (χ0) is 23.0. The Morgan fingerprint density at radius 2 is 1.97 bits per heavy atom. The van der Waals surface area contributed by atoms with Crippen molar-refractivity contribution in [2.24, 2.45) is 0 Å².